The van der Waals surface area contributed by atoms with Crippen LogP contribution in [0.3, 0.4) is 0 Å². The van der Waals surface area contributed by atoms with Gasteiger partial charge in [0.2, 0.25) is 9.84 Å². The average Bonchev–Trinajstić information content (AvgIpc) is 3.36. The molecule has 3 N–H and O–H groups in total. The molecule has 1 aliphatic rings. The van der Waals surface area contributed by atoms with Crippen molar-refractivity contribution in [1.29, 1.82) is 0 Å². The van der Waals surface area contributed by atoms with Gasteiger partial charge in [-0.3, -0.25) is 4.79 Å². The lowest BCUT2D eigenvalue weighted by molar-refractivity contribution is 0.165. The first-order chi connectivity index (χ1) is 11.5. The summed E-state index contributed by atoms with van der Waals surface area (Å²) in [5, 5.41) is 0. The fraction of sp³-hybridized carbons (Fsp3) is 0.353. The summed E-state index contributed by atoms with van der Waals surface area (Å²) in [7, 11) is -3.55. The third-order valence-electron chi connectivity index (χ3n) is 4.07. The fourth-order valence-electron chi connectivity index (χ4n) is 2.52. The maximum Gasteiger partial charge on any atom is 0.271 e. The highest BCUT2D eigenvalue weighted by molar-refractivity contribution is 7.91. The van der Waals surface area contributed by atoms with Gasteiger partial charge in [-0.1, -0.05) is 18.2 Å². The number of nitrogens with two attached hydrogens (primary N) is 1. The van der Waals surface area contributed by atoms with Crippen LogP contribution < -0.4 is 11.3 Å². The van der Waals surface area contributed by atoms with Crippen molar-refractivity contribution in [2.75, 3.05) is 18.3 Å². The number of nitrogens with one attached hydrogen (secondary N) is 1. The first kappa shape index (κ1) is 16.7. The van der Waals surface area contributed by atoms with Gasteiger partial charge in [0, 0.05) is 12.6 Å². The van der Waals surface area contributed by atoms with Gasteiger partial charge in [0.05, 0.1) is 11.5 Å². The number of pyridine rings is 1. The third kappa shape index (κ3) is 3.85. The summed E-state index contributed by atoms with van der Waals surface area (Å²) in [5.41, 5.74) is 6.72. The Morgan fingerprint density at radius 3 is 2.67 bits per heavy atom. The van der Waals surface area contributed by atoms with Crippen molar-refractivity contribution in [2.24, 2.45) is 5.92 Å². The minimum atomic E-state index is -3.55. The van der Waals surface area contributed by atoms with Crippen molar-refractivity contribution in [1.82, 2.24) is 4.98 Å². The number of nitrogen functional groups attached to an aromatic ring is 1. The number of sulfone groups is 1. The number of hydrogen-bond acceptors (Lipinski definition) is 5. The van der Waals surface area contributed by atoms with Crippen LogP contribution >= 0.6 is 0 Å². The maximum absolute atomic E-state index is 12.6. The molecule has 0 amide bonds. The highest BCUT2D eigenvalue weighted by Crippen LogP contribution is 2.29. The van der Waals surface area contributed by atoms with Gasteiger partial charge in [0.1, 0.15) is 5.69 Å². The van der Waals surface area contributed by atoms with Gasteiger partial charge in [-0.2, -0.15) is 0 Å². The smallest absolute Gasteiger partial charge is 0.271 e. The molecule has 0 radical (unpaired) electrons. The second kappa shape index (κ2) is 6.78. The standard InChI is InChI=1S/C17H20N2O4S/c18-16-14(7-8-19-17(16)20)9-13-3-1-2-4-15(13)24(21,22)11-23-10-12-5-6-12/h1-4,7-8,12H,5-6,9-11,18H2,(H,19,20). The van der Waals surface area contributed by atoms with Crippen molar-refractivity contribution < 1.29 is 13.2 Å². The SMILES string of the molecule is Nc1c(Cc2ccccc2S(=O)(=O)COCC2CC2)cc[nH]c1=O. The van der Waals surface area contributed by atoms with Crippen LogP contribution in [-0.2, 0) is 21.0 Å². The first-order valence-electron chi connectivity index (χ1n) is 7.82. The Morgan fingerprint density at radius 1 is 1.17 bits per heavy atom. The molecule has 1 fully saturated rings. The topological polar surface area (TPSA) is 102 Å². The van der Waals surface area contributed by atoms with E-state index in [-0.39, 0.29) is 28.5 Å². The van der Waals surface area contributed by atoms with Crippen molar-refractivity contribution in [3.05, 3.63) is 58.0 Å². The molecule has 0 bridgehead atoms. The van der Waals surface area contributed by atoms with Crippen LogP contribution in [0.5, 0.6) is 0 Å². The first-order valence-corrected chi connectivity index (χ1v) is 9.47. The van der Waals surface area contributed by atoms with Crippen LogP contribution in [0.4, 0.5) is 5.69 Å². The molecule has 3 rings (SSSR count). The van der Waals surface area contributed by atoms with Gasteiger partial charge in [-0.25, -0.2) is 8.42 Å². The fourth-order valence-corrected chi connectivity index (χ4v) is 3.78. The molecule has 0 unspecified atom stereocenters. The van der Waals surface area contributed by atoms with E-state index in [4.69, 9.17) is 10.5 Å². The molecule has 0 atom stereocenters. The highest BCUT2D eigenvalue weighted by atomic mass is 32.2. The molecule has 24 heavy (non-hydrogen) atoms. The van der Waals surface area contributed by atoms with Gasteiger partial charge in [-0.15, -0.1) is 0 Å². The maximum atomic E-state index is 12.6. The number of anilines is 1. The Kier molecular flexibility index (Phi) is 4.73. The van der Waals surface area contributed by atoms with E-state index in [1.807, 2.05) is 0 Å². The summed E-state index contributed by atoms with van der Waals surface area (Å²) in [6.07, 6.45) is 3.99. The number of H-pyrrole nitrogens is 1. The number of ether oxygens (including phenoxy) is 1. The number of hydrogen-bond donors (Lipinski definition) is 2. The van der Waals surface area contributed by atoms with Crippen LogP contribution in [0, 0.1) is 5.92 Å². The molecule has 1 aromatic carbocycles. The van der Waals surface area contributed by atoms with Crippen LogP contribution in [-0.4, -0.2) is 25.9 Å². The normalized spacial score (nSPS) is 14.7. The van der Waals surface area contributed by atoms with Crippen LogP contribution in [0.1, 0.15) is 24.0 Å². The molecule has 2 aromatic rings. The lowest BCUT2D eigenvalue weighted by atomic mass is 10.0. The summed E-state index contributed by atoms with van der Waals surface area (Å²) in [5.74, 6) is 0.178. The van der Waals surface area contributed by atoms with Crippen molar-refractivity contribution in [2.45, 2.75) is 24.2 Å². The lowest BCUT2D eigenvalue weighted by Crippen LogP contribution is -2.16. The third-order valence-corrected chi connectivity index (χ3v) is 5.61. The Labute approximate surface area is 140 Å². The van der Waals surface area contributed by atoms with E-state index < -0.39 is 9.84 Å². The largest absolute Gasteiger partial charge is 0.394 e. The quantitative estimate of drug-likeness (QED) is 0.793. The monoisotopic (exact) mass is 348 g/mol. The number of benzene rings is 1. The molecule has 1 heterocycles. The summed E-state index contributed by atoms with van der Waals surface area (Å²) in [6, 6.07) is 8.42. The molecule has 0 saturated heterocycles. The molecule has 1 aromatic heterocycles. The molecule has 6 nitrogen and oxygen atoms in total. The molecular formula is C17H20N2O4S. The van der Waals surface area contributed by atoms with E-state index >= 15 is 0 Å². The Hall–Kier alpha value is -2.12. The summed E-state index contributed by atoms with van der Waals surface area (Å²) in [4.78, 5) is 14.3. The van der Waals surface area contributed by atoms with Gasteiger partial charge >= 0.3 is 0 Å². The van der Waals surface area contributed by atoms with Crippen LogP contribution in [0.25, 0.3) is 0 Å². The number of aromatic nitrogens is 1. The second-order valence-corrected chi connectivity index (χ2v) is 7.98. The molecule has 128 valence electrons. The van der Waals surface area contributed by atoms with Gasteiger partial charge in [0.15, 0.2) is 5.94 Å². The van der Waals surface area contributed by atoms with E-state index in [0.29, 0.717) is 23.7 Å². The lowest BCUT2D eigenvalue weighted by Gasteiger charge is -2.12. The van der Waals surface area contributed by atoms with E-state index in [2.05, 4.69) is 4.98 Å². The predicted molar refractivity (Wildman–Crippen MR) is 91.5 cm³/mol. The van der Waals surface area contributed by atoms with E-state index in [1.54, 1.807) is 30.3 Å². The molecule has 7 heteroatoms. The van der Waals surface area contributed by atoms with E-state index in [1.165, 1.54) is 6.20 Å². The molecule has 0 spiro atoms. The van der Waals surface area contributed by atoms with Crippen molar-refractivity contribution in [3.63, 3.8) is 0 Å². The minimum Gasteiger partial charge on any atom is -0.394 e. The second-order valence-electron chi connectivity index (χ2n) is 6.08. The predicted octanol–water partition coefficient (Wildman–Crippen LogP) is 1.71. The average molecular weight is 348 g/mol. The summed E-state index contributed by atoms with van der Waals surface area (Å²) in [6.45, 7) is 0.488. The highest BCUT2D eigenvalue weighted by Gasteiger charge is 2.24. The Balaban J connectivity index is 1.84. The molecule has 1 saturated carbocycles. The zero-order chi connectivity index (χ0) is 17.2. The van der Waals surface area contributed by atoms with Crippen molar-refractivity contribution in [3.8, 4) is 0 Å². The zero-order valence-corrected chi connectivity index (χ0v) is 14.0. The van der Waals surface area contributed by atoms with Crippen LogP contribution in [0.2, 0.25) is 0 Å². The summed E-state index contributed by atoms with van der Waals surface area (Å²) < 4.78 is 30.5. The van der Waals surface area contributed by atoms with E-state index in [9.17, 15) is 13.2 Å². The van der Waals surface area contributed by atoms with Gasteiger partial charge < -0.3 is 15.5 Å². The van der Waals surface area contributed by atoms with Gasteiger partial charge in [0.25, 0.3) is 5.56 Å². The molecule has 1 aliphatic carbocycles. The van der Waals surface area contributed by atoms with E-state index in [0.717, 1.165) is 12.8 Å². The Bertz CT molecular complexity index is 885. The molecular weight excluding hydrogens is 328 g/mol. The number of aromatic amines is 1. The zero-order valence-electron chi connectivity index (χ0n) is 13.2. The minimum absolute atomic E-state index is 0.106. The molecule has 0 aliphatic heterocycles. The van der Waals surface area contributed by atoms with Crippen LogP contribution in [0.15, 0.2) is 46.2 Å². The number of rotatable bonds is 7. The Morgan fingerprint density at radius 2 is 1.92 bits per heavy atom. The van der Waals surface area contributed by atoms with Crippen molar-refractivity contribution >= 4 is 15.5 Å². The van der Waals surface area contributed by atoms with Gasteiger partial charge in [-0.05, 0) is 42.0 Å². The summed E-state index contributed by atoms with van der Waals surface area (Å²) >= 11 is 0.